The number of rotatable bonds is 3. The van der Waals surface area contributed by atoms with E-state index in [-0.39, 0.29) is 0 Å². The monoisotopic (exact) mass is 295 g/mol. The van der Waals surface area contributed by atoms with E-state index in [4.69, 9.17) is 0 Å². The second kappa shape index (κ2) is 5.32. The molecule has 1 N–H and O–H groups in total. The summed E-state index contributed by atoms with van der Waals surface area (Å²) in [7, 11) is 1.81. The number of anilines is 1. The van der Waals surface area contributed by atoms with Crippen LogP contribution >= 0.6 is 27.7 Å². The van der Waals surface area contributed by atoms with Crippen LogP contribution < -0.4 is 5.32 Å². The van der Waals surface area contributed by atoms with Gasteiger partial charge in [0.25, 0.3) is 0 Å². The highest BCUT2D eigenvalue weighted by atomic mass is 79.9. The fourth-order valence-electron chi connectivity index (χ4n) is 1.17. The van der Waals surface area contributed by atoms with E-state index in [2.05, 4.69) is 43.3 Å². The van der Waals surface area contributed by atoms with Crippen LogP contribution in [0.3, 0.4) is 0 Å². The van der Waals surface area contributed by atoms with Gasteiger partial charge >= 0.3 is 0 Å². The van der Waals surface area contributed by atoms with E-state index >= 15 is 0 Å². The van der Waals surface area contributed by atoms with Crippen LogP contribution in [0.1, 0.15) is 0 Å². The average Bonchev–Trinajstić information content (AvgIpc) is 2.29. The Morgan fingerprint density at radius 1 is 1.31 bits per heavy atom. The Morgan fingerprint density at radius 3 is 2.94 bits per heavy atom. The molecule has 0 bridgehead atoms. The molecule has 1 aromatic heterocycles. The van der Waals surface area contributed by atoms with Gasteiger partial charge in [-0.2, -0.15) is 0 Å². The molecule has 16 heavy (non-hydrogen) atoms. The molecule has 0 unspecified atom stereocenters. The lowest BCUT2D eigenvalue weighted by Crippen LogP contribution is -1.95. The van der Waals surface area contributed by atoms with Gasteiger partial charge in [-0.15, -0.1) is 0 Å². The first-order chi connectivity index (χ1) is 7.78. The Hall–Kier alpha value is -1.07. The molecule has 1 heterocycles. The van der Waals surface area contributed by atoms with Gasteiger partial charge in [-0.3, -0.25) is 0 Å². The highest BCUT2D eigenvalue weighted by Crippen LogP contribution is 2.28. The quantitative estimate of drug-likeness (QED) is 0.881. The molecule has 0 saturated heterocycles. The zero-order valence-corrected chi connectivity index (χ0v) is 11.0. The van der Waals surface area contributed by atoms with Crippen LogP contribution in [-0.2, 0) is 0 Å². The van der Waals surface area contributed by atoms with Gasteiger partial charge < -0.3 is 5.32 Å². The molecule has 5 heteroatoms. The number of nitrogens with one attached hydrogen (secondary N) is 1. The van der Waals surface area contributed by atoms with E-state index in [1.807, 2.05) is 25.2 Å². The summed E-state index contributed by atoms with van der Waals surface area (Å²) in [6, 6.07) is 10.0. The maximum Gasteiger partial charge on any atom is 0.223 e. The molecule has 2 rings (SSSR count). The Kier molecular flexibility index (Phi) is 3.79. The summed E-state index contributed by atoms with van der Waals surface area (Å²) >= 11 is 5.06. The van der Waals surface area contributed by atoms with Crippen molar-refractivity contribution < 1.29 is 0 Å². The van der Waals surface area contributed by atoms with Crippen LogP contribution in [0.2, 0.25) is 0 Å². The lowest BCUT2D eigenvalue weighted by Gasteiger charge is -2.03. The summed E-state index contributed by atoms with van der Waals surface area (Å²) < 4.78 is 1.07. The number of hydrogen-bond acceptors (Lipinski definition) is 4. The molecule has 1 aromatic carbocycles. The van der Waals surface area contributed by atoms with Crippen molar-refractivity contribution in [2.75, 3.05) is 12.4 Å². The molecule has 2 aromatic rings. The van der Waals surface area contributed by atoms with Gasteiger partial charge in [-0.1, -0.05) is 33.8 Å². The summed E-state index contributed by atoms with van der Waals surface area (Å²) in [5.41, 5.74) is 0. The topological polar surface area (TPSA) is 37.8 Å². The maximum absolute atomic E-state index is 4.34. The molecule has 3 nitrogen and oxygen atoms in total. The first-order valence-corrected chi connectivity index (χ1v) is 6.33. The van der Waals surface area contributed by atoms with Crippen LogP contribution in [0.4, 0.5) is 5.95 Å². The number of aromatic nitrogens is 2. The number of nitrogens with zero attached hydrogens (tertiary/aromatic N) is 2. The van der Waals surface area contributed by atoms with E-state index in [0.29, 0.717) is 5.95 Å². The van der Waals surface area contributed by atoms with Crippen molar-refractivity contribution >= 4 is 33.6 Å². The minimum absolute atomic E-state index is 0.639. The molecule has 0 fully saturated rings. The first-order valence-electron chi connectivity index (χ1n) is 4.72. The Labute approximate surface area is 107 Å². The van der Waals surface area contributed by atoms with E-state index < -0.39 is 0 Å². The van der Waals surface area contributed by atoms with Gasteiger partial charge in [-0.05, 0) is 24.3 Å². The summed E-state index contributed by atoms with van der Waals surface area (Å²) in [5, 5.41) is 3.85. The first kappa shape index (κ1) is 11.4. The number of halogens is 1. The van der Waals surface area contributed by atoms with Crippen molar-refractivity contribution in [2.24, 2.45) is 0 Å². The molecule has 0 amide bonds. The summed E-state index contributed by atoms with van der Waals surface area (Å²) in [6.45, 7) is 0. The highest BCUT2D eigenvalue weighted by molar-refractivity contribution is 9.10. The van der Waals surface area contributed by atoms with Crippen molar-refractivity contribution in [3.8, 4) is 0 Å². The SMILES string of the molecule is CNc1nccc(Sc2cccc(Br)c2)n1. The predicted octanol–water partition coefficient (Wildman–Crippen LogP) is 3.43. The van der Waals surface area contributed by atoms with E-state index in [0.717, 1.165) is 14.4 Å². The van der Waals surface area contributed by atoms with E-state index in [9.17, 15) is 0 Å². The fourth-order valence-corrected chi connectivity index (χ4v) is 2.56. The summed E-state index contributed by atoms with van der Waals surface area (Å²) in [5.74, 6) is 0.639. The van der Waals surface area contributed by atoms with Crippen LogP contribution in [-0.4, -0.2) is 17.0 Å². The van der Waals surface area contributed by atoms with Gasteiger partial charge in [0.1, 0.15) is 5.03 Å². The molecule has 0 saturated carbocycles. The van der Waals surface area contributed by atoms with E-state index in [1.165, 1.54) is 0 Å². The lowest BCUT2D eigenvalue weighted by molar-refractivity contribution is 1.04. The smallest absolute Gasteiger partial charge is 0.223 e. The molecule has 0 atom stereocenters. The molecule has 0 radical (unpaired) electrons. The van der Waals surface area contributed by atoms with Crippen LogP contribution in [0.5, 0.6) is 0 Å². The molecule has 0 aliphatic heterocycles. The highest BCUT2D eigenvalue weighted by Gasteiger charge is 2.00. The second-order valence-electron chi connectivity index (χ2n) is 3.03. The van der Waals surface area contributed by atoms with Gasteiger partial charge in [0.15, 0.2) is 0 Å². The molecule has 0 aliphatic carbocycles. The van der Waals surface area contributed by atoms with Crippen LogP contribution in [0, 0.1) is 0 Å². The third-order valence-corrected chi connectivity index (χ3v) is 3.29. The van der Waals surface area contributed by atoms with Crippen LogP contribution in [0.25, 0.3) is 0 Å². The van der Waals surface area contributed by atoms with Crippen LogP contribution in [0.15, 0.2) is 50.9 Å². The minimum atomic E-state index is 0.639. The fraction of sp³-hybridized carbons (Fsp3) is 0.0909. The molecule has 82 valence electrons. The molecular formula is C11H10BrN3S. The minimum Gasteiger partial charge on any atom is -0.357 e. The Bertz CT molecular complexity index is 490. The second-order valence-corrected chi connectivity index (χ2v) is 5.04. The third kappa shape index (κ3) is 2.96. The number of benzene rings is 1. The van der Waals surface area contributed by atoms with Gasteiger partial charge in [0.2, 0.25) is 5.95 Å². The summed E-state index contributed by atoms with van der Waals surface area (Å²) in [6.07, 6.45) is 1.75. The van der Waals surface area contributed by atoms with Crippen molar-refractivity contribution in [1.29, 1.82) is 0 Å². The van der Waals surface area contributed by atoms with Gasteiger partial charge in [-0.25, -0.2) is 9.97 Å². The predicted molar refractivity (Wildman–Crippen MR) is 69.8 cm³/mol. The largest absolute Gasteiger partial charge is 0.357 e. The third-order valence-electron chi connectivity index (χ3n) is 1.87. The number of hydrogen-bond donors (Lipinski definition) is 1. The van der Waals surface area contributed by atoms with E-state index in [1.54, 1.807) is 18.0 Å². The maximum atomic E-state index is 4.34. The van der Waals surface area contributed by atoms with Crippen molar-refractivity contribution in [3.63, 3.8) is 0 Å². The van der Waals surface area contributed by atoms with Gasteiger partial charge in [0.05, 0.1) is 0 Å². The molecular weight excluding hydrogens is 286 g/mol. The standard InChI is InChI=1S/C11H10BrN3S/c1-13-11-14-6-5-10(15-11)16-9-4-2-3-8(12)7-9/h2-7H,1H3,(H,13,14,15). The average molecular weight is 296 g/mol. The van der Waals surface area contributed by atoms with Gasteiger partial charge in [0, 0.05) is 22.6 Å². The van der Waals surface area contributed by atoms with Crippen molar-refractivity contribution in [2.45, 2.75) is 9.92 Å². The molecule has 0 spiro atoms. The van der Waals surface area contributed by atoms with Crippen molar-refractivity contribution in [3.05, 3.63) is 41.0 Å². The summed E-state index contributed by atoms with van der Waals surface area (Å²) in [4.78, 5) is 9.56. The zero-order valence-electron chi connectivity index (χ0n) is 8.64. The lowest BCUT2D eigenvalue weighted by atomic mass is 10.4. The normalized spacial score (nSPS) is 10.1. The zero-order chi connectivity index (χ0) is 11.4. The Morgan fingerprint density at radius 2 is 2.19 bits per heavy atom. The molecule has 0 aliphatic rings. The van der Waals surface area contributed by atoms with Crippen molar-refractivity contribution in [1.82, 2.24) is 9.97 Å². The Balaban J connectivity index is 2.20.